The highest BCUT2D eigenvalue weighted by molar-refractivity contribution is 7.20. The van der Waals surface area contributed by atoms with E-state index in [1.54, 1.807) is 35.7 Å². The zero-order valence-corrected chi connectivity index (χ0v) is 13.2. The molecule has 0 saturated heterocycles. The Balaban J connectivity index is 1.94. The number of rotatable bonds is 4. The Labute approximate surface area is 131 Å². The summed E-state index contributed by atoms with van der Waals surface area (Å²) in [6, 6.07) is 12.4. The topological polar surface area (TPSA) is 20.2 Å². The van der Waals surface area contributed by atoms with Crippen LogP contribution in [0.4, 0.5) is 4.39 Å². The summed E-state index contributed by atoms with van der Waals surface area (Å²) in [6.07, 6.45) is 0.389. The predicted octanol–water partition coefficient (Wildman–Crippen LogP) is 5.07. The summed E-state index contributed by atoms with van der Waals surface area (Å²) in [7, 11) is 0. The molecule has 108 valence electrons. The lowest BCUT2D eigenvalue weighted by Gasteiger charge is -2.24. The zero-order chi connectivity index (χ0) is 14.9. The van der Waals surface area contributed by atoms with Crippen LogP contribution in [0.1, 0.15) is 18.1 Å². The third-order valence-electron chi connectivity index (χ3n) is 3.43. The smallest absolute Gasteiger partial charge is 0.123 e. The lowest BCUT2D eigenvalue weighted by Crippen LogP contribution is -2.24. The summed E-state index contributed by atoms with van der Waals surface area (Å²) in [5, 5.41) is 14.9. The first-order chi connectivity index (χ1) is 10.1. The van der Waals surface area contributed by atoms with Crippen molar-refractivity contribution >= 4 is 22.7 Å². The highest BCUT2D eigenvalue weighted by atomic mass is 32.1. The molecule has 0 aliphatic rings. The minimum atomic E-state index is -1.02. The molecule has 1 unspecified atom stereocenters. The van der Waals surface area contributed by atoms with Crippen molar-refractivity contribution < 1.29 is 9.50 Å². The molecule has 0 radical (unpaired) electrons. The Morgan fingerprint density at radius 1 is 1.10 bits per heavy atom. The molecule has 21 heavy (non-hydrogen) atoms. The molecule has 1 N–H and O–H groups in total. The van der Waals surface area contributed by atoms with Gasteiger partial charge in [0.1, 0.15) is 5.82 Å². The number of halogens is 1. The van der Waals surface area contributed by atoms with E-state index in [0.29, 0.717) is 6.42 Å². The number of thiophene rings is 2. The van der Waals surface area contributed by atoms with Gasteiger partial charge in [-0.05, 0) is 47.5 Å². The molecule has 0 fully saturated rings. The van der Waals surface area contributed by atoms with Gasteiger partial charge < -0.3 is 5.11 Å². The molecule has 4 heteroatoms. The fourth-order valence-corrected chi connectivity index (χ4v) is 4.38. The Bertz CT molecular complexity index is 729. The van der Waals surface area contributed by atoms with Crippen LogP contribution in [0.15, 0.2) is 53.2 Å². The second-order valence-corrected chi connectivity index (χ2v) is 7.09. The summed E-state index contributed by atoms with van der Waals surface area (Å²) < 4.78 is 13.3. The molecule has 1 atom stereocenters. The quantitative estimate of drug-likeness (QED) is 0.712. The first kappa shape index (κ1) is 14.4. The van der Waals surface area contributed by atoms with Crippen LogP contribution in [0.3, 0.4) is 0 Å². The summed E-state index contributed by atoms with van der Waals surface area (Å²) in [6.45, 7) is 1.79. The van der Waals surface area contributed by atoms with Crippen molar-refractivity contribution in [3.8, 4) is 9.75 Å². The molecule has 0 amide bonds. The van der Waals surface area contributed by atoms with Gasteiger partial charge in [0.25, 0.3) is 0 Å². The minimum absolute atomic E-state index is 0.271. The van der Waals surface area contributed by atoms with Crippen molar-refractivity contribution in [1.82, 2.24) is 0 Å². The van der Waals surface area contributed by atoms with Gasteiger partial charge in [0, 0.05) is 16.9 Å². The van der Waals surface area contributed by atoms with E-state index in [1.807, 2.05) is 29.0 Å². The Morgan fingerprint density at radius 2 is 1.95 bits per heavy atom. The van der Waals surface area contributed by atoms with Crippen molar-refractivity contribution in [1.29, 1.82) is 0 Å². The molecule has 2 aromatic heterocycles. The third kappa shape index (κ3) is 3.07. The lowest BCUT2D eigenvalue weighted by molar-refractivity contribution is 0.0586. The SMILES string of the molecule is CC(O)(Cc1cccc(F)c1)c1ccsc1-c1cccs1. The molecule has 1 aromatic carbocycles. The molecular formula is C17H15FOS2. The van der Waals surface area contributed by atoms with E-state index in [2.05, 4.69) is 6.07 Å². The van der Waals surface area contributed by atoms with Crippen LogP contribution in [-0.4, -0.2) is 5.11 Å². The van der Waals surface area contributed by atoms with Gasteiger partial charge in [0.15, 0.2) is 0 Å². The molecule has 0 aliphatic carbocycles. The van der Waals surface area contributed by atoms with Crippen molar-refractivity contribution in [2.24, 2.45) is 0 Å². The molecule has 0 spiro atoms. The molecule has 3 rings (SSSR count). The van der Waals surface area contributed by atoms with Gasteiger partial charge in [0.05, 0.1) is 10.5 Å². The van der Waals surface area contributed by atoms with E-state index in [0.717, 1.165) is 20.9 Å². The molecule has 0 bridgehead atoms. The fraction of sp³-hybridized carbons (Fsp3) is 0.176. The Morgan fingerprint density at radius 3 is 2.67 bits per heavy atom. The van der Waals surface area contributed by atoms with Crippen LogP contribution in [-0.2, 0) is 12.0 Å². The number of hydrogen-bond donors (Lipinski definition) is 1. The Kier molecular flexibility index (Phi) is 3.93. The summed E-state index contributed by atoms with van der Waals surface area (Å²) in [5.41, 5.74) is 0.676. The van der Waals surface area contributed by atoms with E-state index in [1.165, 1.54) is 12.1 Å². The number of hydrogen-bond acceptors (Lipinski definition) is 3. The molecular weight excluding hydrogens is 303 g/mol. The first-order valence-electron chi connectivity index (χ1n) is 6.65. The van der Waals surface area contributed by atoms with Gasteiger partial charge in [-0.15, -0.1) is 22.7 Å². The standard InChI is InChI=1S/C17H15FOS2/c1-17(19,11-12-4-2-5-13(18)10-12)14-7-9-21-16(14)15-6-3-8-20-15/h2-10,19H,11H2,1H3. The average Bonchev–Trinajstić information content (AvgIpc) is 3.09. The maximum absolute atomic E-state index is 13.3. The molecule has 2 heterocycles. The number of benzene rings is 1. The molecule has 0 aliphatic heterocycles. The summed E-state index contributed by atoms with van der Waals surface area (Å²) in [4.78, 5) is 2.24. The monoisotopic (exact) mass is 318 g/mol. The highest BCUT2D eigenvalue weighted by Gasteiger charge is 2.28. The predicted molar refractivity (Wildman–Crippen MR) is 87.3 cm³/mol. The van der Waals surface area contributed by atoms with E-state index in [9.17, 15) is 9.50 Å². The maximum atomic E-state index is 13.3. The average molecular weight is 318 g/mol. The summed E-state index contributed by atoms with van der Waals surface area (Å²) in [5.74, 6) is -0.271. The van der Waals surface area contributed by atoms with Crippen LogP contribution in [0, 0.1) is 5.82 Å². The van der Waals surface area contributed by atoms with Gasteiger partial charge in [-0.3, -0.25) is 0 Å². The normalized spacial score (nSPS) is 14.0. The third-order valence-corrected chi connectivity index (χ3v) is 5.39. The van der Waals surface area contributed by atoms with Crippen LogP contribution in [0.25, 0.3) is 9.75 Å². The molecule has 3 aromatic rings. The Hall–Kier alpha value is -1.49. The number of aliphatic hydroxyl groups is 1. The lowest BCUT2D eigenvalue weighted by atomic mass is 9.89. The molecule has 0 saturated carbocycles. The van der Waals surface area contributed by atoms with Crippen LogP contribution >= 0.6 is 22.7 Å². The molecule has 1 nitrogen and oxygen atoms in total. The van der Waals surface area contributed by atoms with E-state index in [4.69, 9.17) is 0 Å². The zero-order valence-electron chi connectivity index (χ0n) is 11.5. The van der Waals surface area contributed by atoms with Gasteiger partial charge in [-0.1, -0.05) is 18.2 Å². The fourth-order valence-electron chi connectivity index (χ4n) is 2.47. The van der Waals surface area contributed by atoms with Gasteiger partial charge >= 0.3 is 0 Å². The summed E-state index contributed by atoms with van der Waals surface area (Å²) >= 11 is 3.28. The van der Waals surface area contributed by atoms with E-state index in [-0.39, 0.29) is 5.82 Å². The largest absolute Gasteiger partial charge is 0.385 e. The second-order valence-electron chi connectivity index (χ2n) is 5.22. The van der Waals surface area contributed by atoms with Gasteiger partial charge in [-0.25, -0.2) is 4.39 Å². The van der Waals surface area contributed by atoms with Gasteiger partial charge in [-0.2, -0.15) is 0 Å². The van der Waals surface area contributed by atoms with E-state index >= 15 is 0 Å². The van der Waals surface area contributed by atoms with Gasteiger partial charge in [0.2, 0.25) is 0 Å². The van der Waals surface area contributed by atoms with E-state index < -0.39 is 5.60 Å². The van der Waals surface area contributed by atoms with Crippen LogP contribution in [0.2, 0.25) is 0 Å². The van der Waals surface area contributed by atoms with Crippen molar-refractivity contribution in [2.45, 2.75) is 18.9 Å². The van der Waals surface area contributed by atoms with Crippen LogP contribution in [0.5, 0.6) is 0 Å². The van der Waals surface area contributed by atoms with Crippen molar-refractivity contribution in [2.75, 3.05) is 0 Å². The maximum Gasteiger partial charge on any atom is 0.123 e. The second kappa shape index (κ2) is 5.72. The van der Waals surface area contributed by atoms with Crippen LogP contribution < -0.4 is 0 Å². The van der Waals surface area contributed by atoms with Crippen molar-refractivity contribution in [3.63, 3.8) is 0 Å². The first-order valence-corrected chi connectivity index (χ1v) is 8.41. The minimum Gasteiger partial charge on any atom is -0.385 e. The highest BCUT2D eigenvalue weighted by Crippen LogP contribution is 2.39. The van der Waals surface area contributed by atoms with Crippen molar-refractivity contribution in [3.05, 3.63) is 70.2 Å².